The highest BCUT2D eigenvalue weighted by molar-refractivity contribution is 5.96. The smallest absolute Gasteiger partial charge is 0.337 e. The van der Waals surface area contributed by atoms with Crippen molar-refractivity contribution in [2.45, 2.75) is 6.54 Å². The first-order valence-electron chi connectivity index (χ1n) is 8.70. The van der Waals surface area contributed by atoms with E-state index in [0.29, 0.717) is 34.1 Å². The zero-order valence-corrected chi connectivity index (χ0v) is 16.2. The van der Waals surface area contributed by atoms with Gasteiger partial charge in [-0.3, -0.25) is 4.79 Å². The van der Waals surface area contributed by atoms with Gasteiger partial charge < -0.3 is 24.1 Å². The molecule has 0 aliphatic heterocycles. The molecular formula is C21H20N2O6. The Labute approximate surface area is 167 Å². The second kappa shape index (κ2) is 8.92. The Bertz CT molecular complexity index is 1010. The van der Waals surface area contributed by atoms with Gasteiger partial charge in [0.25, 0.3) is 5.91 Å². The fraction of sp³-hybridized carbons (Fsp3) is 0.190. The molecule has 8 heteroatoms. The number of nitrogens with one attached hydrogen (secondary N) is 1. The molecular weight excluding hydrogens is 376 g/mol. The third kappa shape index (κ3) is 4.55. The normalized spacial score (nSPS) is 10.3. The maximum absolute atomic E-state index is 12.3. The van der Waals surface area contributed by atoms with Crippen molar-refractivity contribution < 1.29 is 28.3 Å². The molecule has 1 aromatic heterocycles. The molecule has 150 valence electrons. The third-order valence-electron chi connectivity index (χ3n) is 4.23. The Kier molecular flexibility index (Phi) is 6.13. The zero-order valence-electron chi connectivity index (χ0n) is 16.2. The maximum atomic E-state index is 12.3. The number of nitrogens with zero attached hydrogens (tertiary/aromatic N) is 1. The van der Waals surface area contributed by atoms with Gasteiger partial charge >= 0.3 is 5.97 Å². The summed E-state index contributed by atoms with van der Waals surface area (Å²) in [5.41, 5.74) is 2.13. The standard InChI is InChI=1S/C21H20N2O6/c1-26-17-9-8-15(10-19(17)27-2)18-11-16(23-29-18)12-22-20(24)13-4-6-14(7-5-13)21(25)28-3/h4-11H,12H2,1-3H3,(H,22,24). The van der Waals surface area contributed by atoms with Crippen LogP contribution < -0.4 is 14.8 Å². The van der Waals surface area contributed by atoms with Crippen LogP contribution in [0, 0.1) is 0 Å². The summed E-state index contributed by atoms with van der Waals surface area (Å²) >= 11 is 0. The van der Waals surface area contributed by atoms with Gasteiger partial charge in [-0.15, -0.1) is 0 Å². The summed E-state index contributed by atoms with van der Waals surface area (Å²) in [6.45, 7) is 0.189. The van der Waals surface area contributed by atoms with Gasteiger partial charge in [-0.05, 0) is 42.5 Å². The Hall–Kier alpha value is -3.81. The zero-order chi connectivity index (χ0) is 20.8. The minimum atomic E-state index is -0.456. The average Bonchev–Trinajstić information content (AvgIpc) is 3.25. The number of methoxy groups -OCH3 is 3. The van der Waals surface area contributed by atoms with Gasteiger partial charge in [0.2, 0.25) is 0 Å². The van der Waals surface area contributed by atoms with E-state index in [1.54, 1.807) is 44.6 Å². The summed E-state index contributed by atoms with van der Waals surface area (Å²) in [5, 5.41) is 6.74. The molecule has 0 atom stereocenters. The van der Waals surface area contributed by atoms with E-state index in [-0.39, 0.29) is 12.5 Å². The molecule has 0 saturated carbocycles. The van der Waals surface area contributed by atoms with E-state index >= 15 is 0 Å². The molecule has 0 aliphatic rings. The fourth-order valence-electron chi connectivity index (χ4n) is 2.67. The second-order valence-electron chi connectivity index (χ2n) is 6.00. The molecule has 1 amide bonds. The van der Waals surface area contributed by atoms with Crippen LogP contribution >= 0.6 is 0 Å². The molecule has 29 heavy (non-hydrogen) atoms. The minimum Gasteiger partial charge on any atom is -0.493 e. The Morgan fingerprint density at radius 2 is 1.62 bits per heavy atom. The third-order valence-corrected chi connectivity index (χ3v) is 4.23. The van der Waals surface area contributed by atoms with Gasteiger partial charge in [-0.2, -0.15) is 0 Å². The summed E-state index contributed by atoms with van der Waals surface area (Å²) in [6.07, 6.45) is 0. The number of aromatic nitrogens is 1. The summed E-state index contributed by atoms with van der Waals surface area (Å²) in [5.74, 6) is 0.977. The van der Waals surface area contributed by atoms with Crippen LogP contribution in [0.4, 0.5) is 0 Å². The van der Waals surface area contributed by atoms with Gasteiger partial charge in [0.05, 0.1) is 33.4 Å². The first-order chi connectivity index (χ1) is 14.0. The number of amides is 1. The van der Waals surface area contributed by atoms with Crippen LogP contribution in [0.1, 0.15) is 26.4 Å². The summed E-state index contributed by atoms with van der Waals surface area (Å²) in [6, 6.07) is 13.3. The van der Waals surface area contributed by atoms with E-state index in [0.717, 1.165) is 5.56 Å². The first kappa shape index (κ1) is 19.9. The van der Waals surface area contributed by atoms with Crippen LogP contribution in [-0.4, -0.2) is 38.4 Å². The van der Waals surface area contributed by atoms with E-state index in [4.69, 9.17) is 14.0 Å². The van der Waals surface area contributed by atoms with Crippen molar-refractivity contribution in [2.24, 2.45) is 0 Å². The van der Waals surface area contributed by atoms with E-state index in [2.05, 4.69) is 15.2 Å². The molecule has 2 aromatic carbocycles. The minimum absolute atomic E-state index is 0.189. The number of carbonyl (C=O) groups is 2. The number of rotatable bonds is 7. The van der Waals surface area contributed by atoms with Crippen LogP contribution in [0.15, 0.2) is 53.1 Å². The van der Waals surface area contributed by atoms with E-state index in [1.165, 1.54) is 19.2 Å². The summed E-state index contributed by atoms with van der Waals surface area (Å²) < 4.78 is 20.5. The molecule has 3 rings (SSSR count). The number of esters is 1. The predicted octanol–water partition coefficient (Wildman–Crippen LogP) is 3.08. The molecule has 0 saturated heterocycles. The maximum Gasteiger partial charge on any atom is 0.337 e. The Morgan fingerprint density at radius 3 is 2.28 bits per heavy atom. The predicted molar refractivity (Wildman–Crippen MR) is 104 cm³/mol. The summed E-state index contributed by atoms with van der Waals surface area (Å²) in [7, 11) is 4.42. The first-order valence-corrected chi connectivity index (χ1v) is 8.70. The SMILES string of the molecule is COC(=O)c1ccc(C(=O)NCc2cc(-c3ccc(OC)c(OC)c3)on2)cc1. The van der Waals surface area contributed by atoms with Crippen molar-refractivity contribution in [1.82, 2.24) is 10.5 Å². The van der Waals surface area contributed by atoms with Crippen molar-refractivity contribution >= 4 is 11.9 Å². The van der Waals surface area contributed by atoms with Gasteiger partial charge in [-0.25, -0.2) is 4.79 Å². The van der Waals surface area contributed by atoms with Crippen molar-refractivity contribution in [3.63, 3.8) is 0 Å². The number of benzene rings is 2. The molecule has 8 nitrogen and oxygen atoms in total. The van der Waals surface area contributed by atoms with Crippen molar-refractivity contribution in [2.75, 3.05) is 21.3 Å². The Balaban J connectivity index is 1.64. The molecule has 0 fully saturated rings. The van der Waals surface area contributed by atoms with E-state index in [9.17, 15) is 9.59 Å². The molecule has 3 aromatic rings. The fourth-order valence-corrected chi connectivity index (χ4v) is 2.67. The molecule has 1 heterocycles. The number of hydrogen-bond donors (Lipinski definition) is 1. The van der Waals surface area contributed by atoms with Crippen LogP contribution in [0.3, 0.4) is 0 Å². The van der Waals surface area contributed by atoms with E-state index < -0.39 is 5.97 Å². The molecule has 0 aliphatic carbocycles. The van der Waals surface area contributed by atoms with Crippen LogP contribution in [0.25, 0.3) is 11.3 Å². The van der Waals surface area contributed by atoms with Crippen LogP contribution in [0.2, 0.25) is 0 Å². The monoisotopic (exact) mass is 396 g/mol. The molecule has 0 unspecified atom stereocenters. The van der Waals surface area contributed by atoms with Gasteiger partial charge in [0.15, 0.2) is 17.3 Å². The van der Waals surface area contributed by atoms with E-state index in [1.807, 2.05) is 6.07 Å². The average molecular weight is 396 g/mol. The molecule has 1 N–H and O–H groups in total. The lowest BCUT2D eigenvalue weighted by Crippen LogP contribution is -2.23. The van der Waals surface area contributed by atoms with Gasteiger partial charge in [0, 0.05) is 17.2 Å². The highest BCUT2D eigenvalue weighted by Gasteiger charge is 2.13. The largest absolute Gasteiger partial charge is 0.493 e. The molecule has 0 radical (unpaired) electrons. The lowest BCUT2D eigenvalue weighted by molar-refractivity contribution is 0.0600. The van der Waals surface area contributed by atoms with Crippen molar-refractivity contribution in [1.29, 1.82) is 0 Å². The van der Waals surface area contributed by atoms with Crippen molar-refractivity contribution in [3.05, 3.63) is 65.4 Å². The highest BCUT2D eigenvalue weighted by Crippen LogP contribution is 2.32. The number of ether oxygens (including phenoxy) is 3. The van der Waals surface area contributed by atoms with Crippen LogP contribution in [-0.2, 0) is 11.3 Å². The molecule has 0 spiro atoms. The number of carbonyl (C=O) groups excluding carboxylic acids is 2. The van der Waals surface area contributed by atoms with Crippen LogP contribution in [0.5, 0.6) is 11.5 Å². The molecule has 0 bridgehead atoms. The van der Waals surface area contributed by atoms with Crippen molar-refractivity contribution in [3.8, 4) is 22.8 Å². The Morgan fingerprint density at radius 1 is 0.931 bits per heavy atom. The topological polar surface area (TPSA) is 99.9 Å². The van der Waals surface area contributed by atoms with Gasteiger partial charge in [0.1, 0.15) is 5.69 Å². The second-order valence-corrected chi connectivity index (χ2v) is 6.00. The summed E-state index contributed by atoms with van der Waals surface area (Å²) in [4.78, 5) is 23.7. The quantitative estimate of drug-likeness (QED) is 0.613. The van der Waals surface area contributed by atoms with Gasteiger partial charge in [-0.1, -0.05) is 5.16 Å². The lowest BCUT2D eigenvalue weighted by atomic mass is 10.1. The lowest BCUT2D eigenvalue weighted by Gasteiger charge is -2.07. The highest BCUT2D eigenvalue weighted by atomic mass is 16.5. The number of hydrogen-bond acceptors (Lipinski definition) is 7.